The maximum absolute atomic E-state index is 12.5. The molecule has 0 saturated heterocycles. The van der Waals surface area contributed by atoms with Gasteiger partial charge in [-0.05, 0) is 36.8 Å². The van der Waals surface area contributed by atoms with Crippen molar-refractivity contribution in [3.8, 4) is 0 Å². The van der Waals surface area contributed by atoms with Crippen LogP contribution in [0.4, 0.5) is 13.2 Å². The normalized spacial score (nSPS) is 11.8. The molecule has 0 atom stereocenters. The molecular weight excluding hydrogens is 313 g/mol. The van der Waals surface area contributed by atoms with Crippen molar-refractivity contribution in [3.63, 3.8) is 0 Å². The second-order valence-electron chi connectivity index (χ2n) is 3.36. The highest BCUT2D eigenvalue weighted by Gasteiger charge is 2.30. The summed E-state index contributed by atoms with van der Waals surface area (Å²) in [6, 6.07) is 3.41. The topological polar surface area (TPSA) is 26.3 Å². The van der Waals surface area contributed by atoms with E-state index in [1.807, 2.05) is 0 Å². The van der Waals surface area contributed by atoms with Crippen LogP contribution in [0.5, 0.6) is 0 Å². The van der Waals surface area contributed by atoms with Crippen molar-refractivity contribution < 1.29 is 22.7 Å². The van der Waals surface area contributed by atoms with E-state index in [0.29, 0.717) is 4.47 Å². The Balaban J connectivity index is 2.97. The fourth-order valence-corrected chi connectivity index (χ4v) is 1.74. The van der Waals surface area contributed by atoms with Gasteiger partial charge in [0.25, 0.3) is 0 Å². The van der Waals surface area contributed by atoms with Crippen LogP contribution >= 0.6 is 15.9 Å². The van der Waals surface area contributed by atoms with Crippen LogP contribution in [-0.4, -0.2) is 12.6 Å². The maximum atomic E-state index is 12.5. The third-order valence-electron chi connectivity index (χ3n) is 1.95. The highest BCUT2D eigenvalue weighted by Crippen LogP contribution is 2.32. The second-order valence-corrected chi connectivity index (χ2v) is 4.27. The zero-order valence-electron chi connectivity index (χ0n) is 9.42. The molecule has 0 N–H and O–H groups in total. The molecule has 0 spiro atoms. The summed E-state index contributed by atoms with van der Waals surface area (Å²) in [4.78, 5) is 11.0. The molecule has 0 unspecified atom stereocenters. The first-order valence-electron chi connectivity index (χ1n) is 5.05. The van der Waals surface area contributed by atoms with E-state index in [4.69, 9.17) is 0 Å². The summed E-state index contributed by atoms with van der Waals surface area (Å²) in [5.41, 5.74) is -0.509. The standard InChI is InChI=1S/C12H10BrF3O2/c1-2-18-11(17)4-3-8-5-9(12(14,15)16)7-10(13)6-8/h3-7H,2H2,1H3. The largest absolute Gasteiger partial charge is 0.463 e. The van der Waals surface area contributed by atoms with Gasteiger partial charge in [-0.2, -0.15) is 13.2 Å². The minimum absolute atomic E-state index is 0.218. The highest BCUT2D eigenvalue weighted by molar-refractivity contribution is 9.10. The van der Waals surface area contributed by atoms with Crippen molar-refractivity contribution >= 4 is 28.0 Å². The molecule has 1 rings (SSSR count). The molecule has 0 radical (unpaired) electrons. The van der Waals surface area contributed by atoms with Gasteiger partial charge in [0.05, 0.1) is 12.2 Å². The van der Waals surface area contributed by atoms with Crippen molar-refractivity contribution in [1.82, 2.24) is 0 Å². The van der Waals surface area contributed by atoms with E-state index in [1.54, 1.807) is 6.92 Å². The number of carbonyl (C=O) groups excluding carboxylic acids is 1. The third-order valence-corrected chi connectivity index (χ3v) is 2.40. The molecule has 2 nitrogen and oxygen atoms in total. The number of rotatable bonds is 3. The van der Waals surface area contributed by atoms with Gasteiger partial charge in [0, 0.05) is 10.5 Å². The average molecular weight is 323 g/mol. The van der Waals surface area contributed by atoms with Crippen molar-refractivity contribution in [2.75, 3.05) is 6.61 Å². The van der Waals surface area contributed by atoms with Crippen LogP contribution in [0.1, 0.15) is 18.1 Å². The number of hydrogen-bond acceptors (Lipinski definition) is 2. The Morgan fingerprint density at radius 2 is 2.06 bits per heavy atom. The summed E-state index contributed by atoms with van der Waals surface area (Å²) in [5.74, 6) is -0.592. The molecule has 1 aromatic rings. The van der Waals surface area contributed by atoms with E-state index < -0.39 is 17.7 Å². The van der Waals surface area contributed by atoms with Gasteiger partial charge in [0.15, 0.2) is 0 Å². The lowest BCUT2D eigenvalue weighted by Gasteiger charge is -2.08. The lowest BCUT2D eigenvalue weighted by molar-refractivity contribution is -0.138. The zero-order valence-corrected chi connectivity index (χ0v) is 11.0. The van der Waals surface area contributed by atoms with Crippen LogP contribution in [0, 0.1) is 0 Å². The molecule has 0 heterocycles. The molecule has 0 aliphatic heterocycles. The quantitative estimate of drug-likeness (QED) is 0.620. The molecule has 98 valence electrons. The van der Waals surface area contributed by atoms with Crippen LogP contribution in [-0.2, 0) is 15.7 Å². The SMILES string of the molecule is CCOC(=O)C=Cc1cc(Br)cc(C(F)(F)F)c1. The molecular formula is C12H10BrF3O2. The van der Waals surface area contributed by atoms with Crippen LogP contribution in [0.3, 0.4) is 0 Å². The zero-order chi connectivity index (χ0) is 13.8. The summed E-state index contributed by atoms with van der Waals surface area (Å²) in [6.07, 6.45) is -2.06. The number of ether oxygens (including phenoxy) is 1. The summed E-state index contributed by atoms with van der Waals surface area (Å²) in [5, 5.41) is 0. The summed E-state index contributed by atoms with van der Waals surface area (Å²) in [6.45, 7) is 1.86. The second kappa shape index (κ2) is 6.04. The van der Waals surface area contributed by atoms with Gasteiger partial charge >= 0.3 is 12.1 Å². The van der Waals surface area contributed by atoms with Gasteiger partial charge in [-0.15, -0.1) is 0 Å². The summed E-state index contributed by atoms with van der Waals surface area (Å²) >= 11 is 2.99. The van der Waals surface area contributed by atoms with Gasteiger partial charge in [0.1, 0.15) is 0 Å². The molecule has 0 aromatic heterocycles. The van der Waals surface area contributed by atoms with Crippen LogP contribution < -0.4 is 0 Å². The molecule has 18 heavy (non-hydrogen) atoms. The number of benzene rings is 1. The van der Waals surface area contributed by atoms with Crippen molar-refractivity contribution in [2.45, 2.75) is 13.1 Å². The Kier molecular flexibility index (Phi) is 4.95. The van der Waals surface area contributed by atoms with E-state index in [1.165, 1.54) is 12.1 Å². The minimum Gasteiger partial charge on any atom is -0.463 e. The van der Waals surface area contributed by atoms with Gasteiger partial charge in [-0.1, -0.05) is 15.9 Å². The lowest BCUT2D eigenvalue weighted by atomic mass is 10.1. The Labute approximate surface area is 111 Å². The monoisotopic (exact) mass is 322 g/mol. The molecule has 0 saturated carbocycles. The van der Waals surface area contributed by atoms with Gasteiger partial charge < -0.3 is 4.74 Å². The molecule has 0 aliphatic carbocycles. The number of hydrogen-bond donors (Lipinski definition) is 0. The molecule has 0 aliphatic rings. The number of esters is 1. The number of halogens is 4. The van der Waals surface area contributed by atoms with Gasteiger partial charge in [0.2, 0.25) is 0 Å². The first-order valence-corrected chi connectivity index (χ1v) is 5.85. The van der Waals surface area contributed by atoms with E-state index in [9.17, 15) is 18.0 Å². The third kappa shape index (κ3) is 4.52. The van der Waals surface area contributed by atoms with Crippen molar-refractivity contribution in [1.29, 1.82) is 0 Å². The molecule has 1 aromatic carbocycles. The Bertz CT molecular complexity index is 467. The maximum Gasteiger partial charge on any atom is 0.416 e. The lowest BCUT2D eigenvalue weighted by Crippen LogP contribution is -2.05. The minimum atomic E-state index is -4.42. The molecule has 0 fully saturated rings. The van der Waals surface area contributed by atoms with Crippen LogP contribution in [0.2, 0.25) is 0 Å². The van der Waals surface area contributed by atoms with Crippen molar-refractivity contribution in [3.05, 3.63) is 39.9 Å². The summed E-state index contributed by atoms with van der Waals surface area (Å²) < 4.78 is 42.5. The van der Waals surface area contributed by atoms with Gasteiger partial charge in [-0.3, -0.25) is 0 Å². The first kappa shape index (κ1) is 14.8. The predicted octanol–water partition coefficient (Wildman–Crippen LogP) is 4.04. The predicted molar refractivity (Wildman–Crippen MR) is 64.8 cm³/mol. The summed E-state index contributed by atoms with van der Waals surface area (Å²) in [7, 11) is 0. The fourth-order valence-electron chi connectivity index (χ4n) is 1.23. The fraction of sp³-hybridized carbons (Fsp3) is 0.250. The van der Waals surface area contributed by atoms with Crippen LogP contribution in [0.25, 0.3) is 6.08 Å². The van der Waals surface area contributed by atoms with Gasteiger partial charge in [-0.25, -0.2) is 4.79 Å². The highest BCUT2D eigenvalue weighted by atomic mass is 79.9. The van der Waals surface area contributed by atoms with E-state index in [0.717, 1.165) is 18.2 Å². The number of carbonyl (C=O) groups is 1. The Morgan fingerprint density at radius 1 is 1.39 bits per heavy atom. The van der Waals surface area contributed by atoms with Crippen molar-refractivity contribution in [2.24, 2.45) is 0 Å². The Morgan fingerprint density at radius 3 is 2.61 bits per heavy atom. The Hall–Kier alpha value is -1.30. The van der Waals surface area contributed by atoms with E-state index >= 15 is 0 Å². The molecule has 0 amide bonds. The molecule has 6 heteroatoms. The first-order chi connectivity index (χ1) is 8.32. The molecule has 0 bridgehead atoms. The van der Waals surface area contributed by atoms with E-state index in [-0.39, 0.29) is 12.2 Å². The van der Waals surface area contributed by atoms with Crippen LogP contribution in [0.15, 0.2) is 28.7 Å². The smallest absolute Gasteiger partial charge is 0.416 e. The number of alkyl halides is 3. The average Bonchev–Trinajstić information content (AvgIpc) is 2.25. The van der Waals surface area contributed by atoms with E-state index in [2.05, 4.69) is 20.7 Å².